The highest BCUT2D eigenvalue weighted by atomic mass is 14.6. The zero-order valence-electron chi connectivity index (χ0n) is 24.1. The van der Waals surface area contributed by atoms with Gasteiger partial charge in [0.25, 0.3) is 0 Å². The molecule has 0 radical (unpaired) electrons. The van der Waals surface area contributed by atoms with Gasteiger partial charge in [-0.05, 0) is 102 Å². The van der Waals surface area contributed by atoms with E-state index < -0.39 is 0 Å². The van der Waals surface area contributed by atoms with Gasteiger partial charge in [-0.1, -0.05) is 98.8 Å². The minimum Gasteiger partial charge on any atom is -0.264 e. The van der Waals surface area contributed by atoms with E-state index in [1.165, 1.54) is 76.6 Å². The van der Waals surface area contributed by atoms with Gasteiger partial charge in [-0.15, -0.1) is 0 Å². The summed E-state index contributed by atoms with van der Waals surface area (Å²) in [5.74, 6) is 0. The molecule has 1 aliphatic rings. The molecule has 0 N–H and O–H groups in total. The molecule has 0 atom stereocenters. The Bertz CT molecular complexity index is 2420. The lowest BCUT2D eigenvalue weighted by molar-refractivity contribution is 0.661. The van der Waals surface area contributed by atoms with Gasteiger partial charge < -0.3 is 0 Å². The van der Waals surface area contributed by atoms with E-state index in [4.69, 9.17) is 4.98 Å². The summed E-state index contributed by atoms with van der Waals surface area (Å²) >= 11 is 0. The van der Waals surface area contributed by atoms with Crippen LogP contribution in [0.25, 0.3) is 76.6 Å². The summed E-state index contributed by atoms with van der Waals surface area (Å²) in [6.45, 7) is 4.72. The molecule has 0 fully saturated rings. The lowest BCUT2D eigenvalue weighted by Crippen LogP contribution is -2.15. The third-order valence-electron chi connectivity index (χ3n) is 9.58. The van der Waals surface area contributed by atoms with Crippen LogP contribution in [0.1, 0.15) is 25.0 Å². The zero-order valence-corrected chi connectivity index (χ0v) is 24.1. The van der Waals surface area contributed by atoms with E-state index in [0.717, 1.165) is 11.1 Å². The van der Waals surface area contributed by atoms with Crippen LogP contribution in [0, 0.1) is 0 Å². The van der Waals surface area contributed by atoms with Crippen LogP contribution in [0.3, 0.4) is 0 Å². The highest BCUT2D eigenvalue weighted by Crippen LogP contribution is 2.51. The predicted octanol–water partition coefficient (Wildman–Crippen LogP) is 10.7. The Morgan fingerprint density at radius 2 is 1.12 bits per heavy atom. The number of benzene rings is 6. The Kier molecular flexibility index (Phi) is 4.99. The summed E-state index contributed by atoms with van der Waals surface area (Å²) in [4.78, 5) is 9.20. The second kappa shape index (κ2) is 8.83. The lowest BCUT2D eigenvalue weighted by Gasteiger charge is -2.23. The van der Waals surface area contributed by atoms with Gasteiger partial charge in [0.05, 0.1) is 5.52 Å². The highest BCUT2D eigenvalue weighted by Gasteiger charge is 2.36. The average molecular weight is 549 g/mol. The molecule has 6 aromatic carbocycles. The first-order chi connectivity index (χ1) is 21.1. The largest absolute Gasteiger partial charge is 0.264 e. The molecule has 1 aliphatic carbocycles. The van der Waals surface area contributed by atoms with Crippen LogP contribution in [0.2, 0.25) is 0 Å². The van der Waals surface area contributed by atoms with Crippen molar-refractivity contribution >= 4 is 43.2 Å². The zero-order chi connectivity index (χ0) is 28.7. The van der Waals surface area contributed by atoms with Crippen molar-refractivity contribution in [2.45, 2.75) is 19.3 Å². The molecule has 0 saturated carbocycles. The van der Waals surface area contributed by atoms with Crippen molar-refractivity contribution < 1.29 is 0 Å². The van der Waals surface area contributed by atoms with Gasteiger partial charge in [0.15, 0.2) is 0 Å². The maximum absolute atomic E-state index is 4.84. The molecule has 0 amide bonds. The average Bonchev–Trinajstić information content (AvgIpc) is 3.29. The molecule has 0 spiro atoms. The molecule has 43 heavy (non-hydrogen) atoms. The minimum absolute atomic E-state index is 0.125. The first-order valence-electron chi connectivity index (χ1n) is 14.9. The maximum Gasteiger partial charge on any atom is 0.0786 e. The van der Waals surface area contributed by atoms with Gasteiger partial charge >= 0.3 is 0 Å². The SMILES string of the molecule is CC1(C)c2cc(-c3cccnc3)ccc2-c2ccc(-c3cc4c5ccccc5c5ncccc5c4c4ccccc34)cc21. The van der Waals surface area contributed by atoms with Crippen LogP contribution in [0.4, 0.5) is 0 Å². The van der Waals surface area contributed by atoms with Gasteiger partial charge in [0.1, 0.15) is 0 Å². The molecule has 202 valence electrons. The fourth-order valence-electron chi connectivity index (χ4n) is 7.48. The Morgan fingerprint density at radius 3 is 1.88 bits per heavy atom. The molecule has 0 bridgehead atoms. The number of pyridine rings is 2. The van der Waals surface area contributed by atoms with Crippen molar-refractivity contribution in [3.63, 3.8) is 0 Å². The monoisotopic (exact) mass is 548 g/mol. The third-order valence-corrected chi connectivity index (χ3v) is 9.58. The normalized spacial score (nSPS) is 13.5. The van der Waals surface area contributed by atoms with Gasteiger partial charge in [-0.3, -0.25) is 9.97 Å². The van der Waals surface area contributed by atoms with E-state index in [1.807, 2.05) is 24.7 Å². The number of hydrogen-bond acceptors (Lipinski definition) is 2. The van der Waals surface area contributed by atoms with Crippen molar-refractivity contribution in [1.82, 2.24) is 9.97 Å². The summed E-state index contributed by atoms with van der Waals surface area (Å²) in [5, 5.41) is 8.72. The van der Waals surface area contributed by atoms with E-state index >= 15 is 0 Å². The van der Waals surface area contributed by atoms with Crippen LogP contribution in [-0.2, 0) is 5.41 Å². The molecule has 2 heterocycles. The highest BCUT2D eigenvalue weighted by molar-refractivity contribution is 6.32. The molecule has 2 nitrogen and oxygen atoms in total. The molecule has 0 unspecified atom stereocenters. The van der Waals surface area contributed by atoms with Crippen molar-refractivity contribution in [3.8, 4) is 33.4 Å². The molecule has 8 aromatic rings. The van der Waals surface area contributed by atoms with Gasteiger partial charge in [-0.25, -0.2) is 0 Å². The maximum atomic E-state index is 4.84. The van der Waals surface area contributed by atoms with Crippen molar-refractivity contribution in [3.05, 3.63) is 145 Å². The number of aromatic nitrogens is 2. The Morgan fingerprint density at radius 1 is 0.465 bits per heavy atom. The molecule has 2 heteroatoms. The molecule has 0 saturated heterocycles. The topological polar surface area (TPSA) is 25.8 Å². The van der Waals surface area contributed by atoms with Gasteiger partial charge in [-0.2, -0.15) is 0 Å². The standard InChI is InChI=1S/C41H28N2/c1-41(2)37-21-25(27-9-7-19-42-24-27)15-17-30(37)31-18-16-26(22-38(31)41)35-23-36-29-11-4-6-13-33(29)40-34(14-8-20-43-40)39(36)32-12-5-3-10-28(32)35/h3-24H,1-2H3. The first-order valence-corrected chi connectivity index (χ1v) is 14.9. The van der Waals surface area contributed by atoms with E-state index in [0.29, 0.717) is 0 Å². The summed E-state index contributed by atoms with van der Waals surface area (Å²) in [6, 6.07) is 42.4. The smallest absolute Gasteiger partial charge is 0.0786 e. The van der Waals surface area contributed by atoms with E-state index in [-0.39, 0.29) is 5.41 Å². The number of hydrogen-bond donors (Lipinski definition) is 0. The summed E-state index contributed by atoms with van der Waals surface area (Å²) in [7, 11) is 0. The molecule has 0 aliphatic heterocycles. The van der Waals surface area contributed by atoms with E-state index in [9.17, 15) is 0 Å². The van der Waals surface area contributed by atoms with Gasteiger partial charge in [0, 0.05) is 34.8 Å². The van der Waals surface area contributed by atoms with Crippen LogP contribution in [0.15, 0.2) is 134 Å². The minimum atomic E-state index is -0.125. The molecular formula is C41H28N2. The number of rotatable bonds is 2. The molecule has 2 aromatic heterocycles. The van der Waals surface area contributed by atoms with Crippen LogP contribution < -0.4 is 0 Å². The third kappa shape index (κ3) is 3.41. The second-order valence-corrected chi connectivity index (χ2v) is 12.2. The fraction of sp³-hybridized carbons (Fsp3) is 0.0732. The fourth-order valence-corrected chi connectivity index (χ4v) is 7.48. The number of fused-ring (bicyclic) bond motifs is 11. The van der Waals surface area contributed by atoms with Crippen molar-refractivity contribution in [2.75, 3.05) is 0 Å². The second-order valence-electron chi connectivity index (χ2n) is 12.2. The van der Waals surface area contributed by atoms with Crippen molar-refractivity contribution in [2.24, 2.45) is 0 Å². The summed E-state index contributed by atoms with van der Waals surface area (Å²) in [5.41, 5.74) is 11.2. The lowest BCUT2D eigenvalue weighted by atomic mass is 9.80. The quantitative estimate of drug-likeness (QED) is 0.201. The Balaban J connectivity index is 1.30. The van der Waals surface area contributed by atoms with E-state index in [1.54, 1.807) is 0 Å². The molecule has 9 rings (SSSR count). The van der Waals surface area contributed by atoms with Gasteiger partial charge in [0.2, 0.25) is 0 Å². The predicted molar refractivity (Wildman–Crippen MR) is 180 cm³/mol. The van der Waals surface area contributed by atoms with Crippen LogP contribution in [-0.4, -0.2) is 9.97 Å². The summed E-state index contributed by atoms with van der Waals surface area (Å²) < 4.78 is 0. The van der Waals surface area contributed by atoms with Crippen LogP contribution in [0.5, 0.6) is 0 Å². The Labute approximate surface area is 250 Å². The van der Waals surface area contributed by atoms with E-state index in [2.05, 4.69) is 128 Å². The Hall–Kier alpha value is -5.34. The first kappa shape index (κ1) is 24.3. The summed E-state index contributed by atoms with van der Waals surface area (Å²) in [6.07, 6.45) is 5.68. The molecular weight excluding hydrogens is 520 g/mol. The van der Waals surface area contributed by atoms with Crippen molar-refractivity contribution in [1.29, 1.82) is 0 Å². The van der Waals surface area contributed by atoms with Crippen LogP contribution >= 0.6 is 0 Å². The number of nitrogens with zero attached hydrogens (tertiary/aromatic N) is 2.